The Kier molecular flexibility index (Phi) is 5.14. The second-order valence-electron chi connectivity index (χ2n) is 4.82. The van der Waals surface area contributed by atoms with Gasteiger partial charge in [-0.3, -0.25) is 0 Å². The van der Waals surface area contributed by atoms with Gasteiger partial charge < -0.3 is 14.3 Å². The Labute approximate surface area is 118 Å². The number of methoxy groups -OCH3 is 1. The van der Waals surface area contributed by atoms with Crippen molar-refractivity contribution >= 4 is 18.0 Å². The lowest BCUT2D eigenvalue weighted by molar-refractivity contribution is -0.108. The number of thioether (sulfide) groups is 1. The molecule has 2 rings (SSSR count). The third kappa shape index (κ3) is 3.66. The zero-order chi connectivity index (χ0) is 13.7. The fourth-order valence-corrected chi connectivity index (χ4v) is 3.25. The first-order valence-corrected chi connectivity index (χ1v) is 7.76. The number of carbonyl (C=O) groups is 1. The van der Waals surface area contributed by atoms with E-state index in [0.29, 0.717) is 6.42 Å². The monoisotopic (exact) mass is 280 g/mol. The largest absolute Gasteiger partial charge is 0.493 e. The molecule has 0 saturated carbocycles. The van der Waals surface area contributed by atoms with Crippen molar-refractivity contribution in [3.05, 3.63) is 23.8 Å². The van der Waals surface area contributed by atoms with Crippen LogP contribution in [0.4, 0.5) is 0 Å². The van der Waals surface area contributed by atoms with Crippen LogP contribution < -0.4 is 9.47 Å². The summed E-state index contributed by atoms with van der Waals surface area (Å²) in [4.78, 5) is 10.6. The number of aldehydes is 1. The predicted octanol–water partition coefficient (Wildman–Crippen LogP) is 3.27. The Morgan fingerprint density at radius 2 is 2.32 bits per heavy atom. The Morgan fingerprint density at radius 1 is 1.47 bits per heavy atom. The molecule has 104 valence electrons. The number of hydrogen-bond acceptors (Lipinski definition) is 4. The highest BCUT2D eigenvalue weighted by Gasteiger charge is 2.19. The van der Waals surface area contributed by atoms with Gasteiger partial charge >= 0.3 is 0 Å². The van der Waals surface area contributed by atoms with E-state index in [1.165, 1.54) is 5.75 Å². The van der Waals surface area contributed by atoms with E-state index in [1.54, 1.807) is 7.11 Å². The number of carbonyl (C=O) groups excluding carboxylic acids is 1. The summed E-state index contributed by atoms with van der Waals surface area (Å²) in [5.74, 6) is 3.99. The molecule has 0 amide bonds. The average molecular weight is 280 g/mol. The van der Waals surface area contributed by atoms with Gasteiger partial charge in [0.25, 0.3) is 0 Å². The Morgan fingerprint density at radius 3 is 2.95 bits per heavy atom. The Hall–Kier alpha value is -1.16. The maximum Gasteiger partial charge on any atom is 0.161 e. The van der Waals surface area contributed by atoms with Crippen molar-refractivity contribution in [3.63, 3.8) is 0 Å². The molecule has 3 nitrogen and oxygen atoms in total. The van der Waals surface area contributed by atoms with Gasteiger partial charge in [-0.25, -0.2) is 0 Å². The summed E-state index contributed by atoms with van der Waals surface area (Å²) in [5, 5.41) is 0. The molecule has 0 bridgehead atoms. The molecule has 1 aromatic carbocycles. The molecule has 1 heterocycles. The van der Waals surface area contributed by atoms with Gasteiger partial charge in [0.2, 0.25) is 0 Å². The highest BCUT2D eigenvalue weighted by Crippen LogP contribution is 2.34. The summed E-state index contributed by atoms with van der Waals surface area (Å²) in [6.45, 7) is 2.04. The molecule has 1 aliphatic rings. The van der Waals surface area contributed by atoms with Crippen LogP contribution in [0.25, 0.3) is 0 Å². The van der Waals surface area contributed by atoms with Gasteiger partial charge in [0.05, 0.1) is 7.11 Å². The second kappa shape index (κ2) is 6.85. The van der Waals surface area contributed by atoms with E-state index >= 15 is 0 Å². The maximum absolute atomic E-state index is 10.6. The standard InChI is InChI=1S/C15H20O3S/c1-11(5-7-16)12-3-4-14(15(9-12)17-2)18-13-6-8-19-10-13/h3-4,7,9,11,13H,5-6,8,10H2,1-2H3. The number of hydrogen-bond donors (Lipinski definition) is 0. The SMILES string of the molecule is COc1cc(C(C)CC=O)ccc1OC1CCSC1. The summed E-state index contributed by atoms with van der Waals surface area (Å²) in [6.07, 6.45) is 2.87. The molecule has 0 spiro atoms. The molecule has 0 radical (unpaired) electrons. The highest BCUT2D eigenvalue weighted by atomic mass is 32.2. The molecule has 0 aliphatic carbocycles. The van der Waals surface area contributed by atoms with E-state index in [-0.39, 0.29) is 12.0 Å². The molecular weight excluding hydrogens is 260 g/mol. The first kappa shape index (κ1) is 14.3. The lowest BCUT2D eigenvalue weighted by Crippen LogP contribution is -2.15. The van der Waals surface area contributed by atoms with Gasteiger partial charge in [0.15, 0.2) is 11.5 Å². The third-order valence-corrected chi connectivity index (χ3v) is 4.52. The van der Waals surface area contributed by atoms with E-state index in [4.69, 9.17) is 9.47 Å². The minimum Gasteiger partial charge on any atom is -0.493 e. The van der Waals surface area contributed by atoms with E-state index in [2.05, 4.69) is 0 Å². The molecule has 1 aliphatic heterocycles. The van der Waals surface area contributed by atoms with E-state index < -0.39 is 0 Å². The van der Waals surface area contributed by atoms with Crippen molar-refractivity contribution in [1.82, 2.24) is 0 Å². The normalized spacial score (nSPS) is 20.0. The molecule has 2 unspecified atom stereocenters. The molecule has 1 aromatic rings. The predicted molar refractivity (Wildman–Crippen MR) is 78.4 cm³/mol. The Balaban J connectivity index is 2.13. The van der Waals surface area contributed by atoms with Crippen molar-refractivity contribution in [1.29, 1.82) is 0 Å². The average Bonchev–Trinajstić information content (AvgIpc) is 2.92. The van der Waals surface area contributed by atoms with Gasteiger partial charge in [0, 0.05) is 12.2 Å². The smallest absolute Gasteiger partial charge is 0.161 e. The quantitative estimate of drug-likeness (QED) is 0.749. The van der Waals surface area contributed by atoms with E-state index in [9.17, 15) is 4.79 Å². The van der Waals surface area contributed by atoms with Crippen molar-refractivity contribution < 1.29 is 14.3 Å². The summed E-state index contributed by atoms with van der Waals surface area (Å²) in [7, 11) is 1.65. The van der Waals surface area contributed by atoms with Crippen LogP contribution in [0.15, 0.2) is 18.2 Å². The Bertz CT molecular complexity index is 427. The molecule has 0 N–H and O–H groups in total. The van der Waals surface area contributed by atoms with Crippen LogP contribution in [0.1, 0.15) is 31.2 Å². The van der Waals surface area contributed by atoms with Crippen molar-refractivity contribution in [2.45, 2.75) is 31.8 Å². The summed E-state index contributed by atoms with van der Waals surface area (Å²) >= 11 is 1.92. The van der Waals surface area contributed by atoms with E-state index in [1.807, 2.05) is 36.9 Å². The van der Waals surface area contributed by atoms with Crippen LogP contribution in [-0.4, -0.2) is 31.0 Å². The molecule has 0 aromatic heterocycles. The minimum atomic E-state index is 0.211. The lowest BCUT2D eigenvalue weighted by Gasteiger charge is -2.17. The first-order valence-electron chi connectivity index (χ1n) is 6.60. The molecule has 1 fully saturated rings. The van der Waals surface area contributed by atoms with Crippen LogP contribution >= 0.6 is 11.8 Å². The van der Waals surface area contributed by atoms with Crippen LogP contribution in [0, 0.1) is 0 Å². The van der Waals surface area contributed by atoms with Crippen molar-refractivity contribution in [3.8, 4) is 11.5 Å². The fourth-order valence-electron chi connectivity index (χ4n) is 2.15. The van der Waals surface area contributed by atoms with Crippen LogP contribution in [-0.2, 0) is 4.79 Å². The number of ether oxygens (including phenoxy) is 2. The molecule has 1 saturated heterocycles. The molecular formula is C15H20O3S. The number of rotatable bonds is 6. The third-order valence-electron chi connectivity index (χ3n) is 3.39. The van der Waals surface area contributed by atoms with Gasteiger partial charge in [-0.15, -0.1) is 0 Å². The van der Waals surface area contributed by atoms with Crippen molar-refractivity contribution in [2.75, 3.05) is 18.6 Å². The minimum absolute atomic E-state index is 0.211. The summed E-state index contributed by atoms with van der Waals surface area (Å²) in [6, 6.07) is 5.96. The van der Waals surface area contributed by atoms with Crippen LogP contribution in [0.5, 0.6) is 11.5 Å². The van der Waals surface area contributed by atoms with Crippen LogP contribution in [0.2, 0.25) is 0 Å². The zero-order valence-corrected chi connectivity index (χ0v) is 12.2. The van der Waals surface area contributed by atoms with Gasteiger partial charge in [-0.1, -0.05) is 13.0 Å². The highest BCUT2D eigenvalue weighted by molar-refractivity contribution is 7.99. The zero-order valence-electron chi connectivity index (χ0n) is 11.4. The number of benzene rings is 1. The van der Waals surface area contributed by atoms with Gasteiger partial charge in [-0.2, -0.15) is 11.8 Å². The van der Waals surface area contributed by atoms with Gasteiger partial charge in [-0.05, 0) is 35.8 Å². The van der Waals surface area contributed by atoms with Crippen LogP contribution in [0.3, 0.4) is 0 Å². The van der Waals surface area contributed by atoms with E-state index in [0.717, 1.165) is 35.5 Å². The summed E-state index contributed by atoms with van der Waals surface area (Å²) in [5.41, 5.74) is 1.11. The fraction of sp³-hybridized carbons (Fsp3) is 0.533. The topological polar surface area (TPSA) is 35.5 Å². The summed E-state index contributed by atoms with van der Waals surface area (Å²) < 4.78 is 11.4. The molecule has 19 heavy (non-hydrogen) atoms. The van der Waals surface area contributed by atoms with Crippen molar-refractivity contribution in [2.24, 2.45) is 0 Å². The van der Waals surface area contributed by atoms with Gasteiger partial charge in [0.1, 0.15) is 12.4 Å². The first-order chi connectivity index (χ1) is 9.24. The second-order valence-corrected chi connectivity index (χ2v) is 5.97. The maximum atomic E-state index is 10.6. The lowest BCUT2D eigenvalue weighted by atomic mass is 9.98. The molecule has 4 heteroatoms. The molecule has 2 atom stereocenters.